The maximum absolute atomic E-state index is 12.2. The molecule has 0 unspecified atom stereocenters. The zero-order chi connectivity index (χ0) is 18.1. The number of rotatable bonds is 3. The number of aryl methyl sites for hydroxylation is 1. The van der Waals surface area contributed by atoms with Crippen LogP contribution < -0.4 is 14.9 Å². The Labute approximate surface area is 154 Å². The fraction of sp³-hybridized carbons (Fsp3) is 0.105. The monoisotopic (exact) mass is 367 g/mol. The van der Waals surface area contributed by atoms with E-state index in [1.165, 1.54) is 6.21 Å². The van der Waals surface area contributed by atoms with Crippen molar-refractivity contribution in [2.24, 2.45) is 5.10 Å². The standard InChI is InChI=1S/C19H14ClN3O3/c1-11-3-2-4-12-7-14(18(20)22-17(11)12)9-21-23-19(24)13-5-6-15-16(8-13)26-10-25-15/h2-9H,10H2,1H3,(H,23,24)/b21-9-. The molecule has 0 atom stereocenters. The highest BCUT2D eigenvalue weighted by molar-refractivity contribution is 6.32. The summed E-state index contributed by atoms with van der Waals surface area (Å²) in [5, 5.41) is 5.26. The first-order valence-corrected chi connectivity index (χ1v) is 8.28. The third-order valence-corrected chi connectivity index (χ3v) is 4.34. The van der Waals surface area contributed by atoms with E-state index >= 15 is 0 Å². The lowest BCUT2D eigenvalue weighted by Crippen LogP contribution is -2.17. The molecule has 0 bridgehead atoms. The molecular weight excluding hydrogens is 354 g/mol. The maximum atomic E-state index is 12.2. The lowest BCUT2D eigenvalue weighted by Gasteiger charge is -2.05. The van der Waals surface area contributed by atoms with E-state index in [2.05, 4.69) is 15.5 Å². The third kappa shape index (κ3) is 3.07. The van der Waals surface area contributed by atoms with E-state index in [4.69, 9.17) is 21.1 Å². The van der Waals surface area contributed by atoms with Crippen LogP contribution in [0.1, 0.15) is 21.5 Å². The minimum absolute atomic E-state index is 0.158. The first-order valence-electron chi connectivity index (χ1n) is 7.91. The molecule has 1 N–H and O–H groups in total. The Morgan fingerprint density at radius 3 is 2.96 bits per heavy atom. The number of halogens is 1. The van der Waals surface area contributed by atoms with Gasteiger partial charge in [-0.25, -0.2) is 10.4 Å². The van der Waals surface area contributed by atoms with Gasteiger partial charge in [0.2, 0.25) is 6.79 Å². The summed E-state index contributed by atoms with van der Waals surface area (Å²) in [4.78, 5) is 16.6. The molecule has 6 nitrogen and oxygen atoms in total. The van der Waals surface area contributed by atoms with Gasteiger partial charge >= 0.3 is 0 Å². The summed E-state index contributed by atoms with van der Waals surface area (Å²) in [5.41, 5.74) is 5.41. The van der Waals surface area contributed by atoms with Crippen molar-refractivity contribution in [1.82, 2.24) is 10.4 Å². The number of hydrogen-bond acceptors (Lipinski definition) is 5. The van der Waals surface area contributed by atoms with Gasteiger partial charge in [-0.15, -0.1) is 0 Å². The Hall–Kier alpha value is -3.12. The van der Waals surface area contributed by atoms with E-state index in [0.717, 1.165) is 16.5 Å². The van der Waals surface area contributed by atoms with Gasteiger partial charge in [-0.05, 0) is 36.8 Å². The topological polar surface area (TPSA) is 72.8 Å². The van der Waals surface area contributed by atoms with Crippen LogP contribution in [0.3, 0.4) is 0 Å². The van der Waals surface area contributed by atoms with E-state index in [9.17, 15) is 4.79 Å². The molecule has 3 aromatic rings. The summed E-state index contributed by atoms with van der Waals surface area (Å²) in [5.74, 6) is 0.799. The first-order chi connectivity index (χ1) is 12.6. The predicted octanol–water partition coefficient (Wildman–Crippen LogP) is 3.69. The van der Waals surface area contributed by atoms with Crippen LogP contribution in [0.4, 0.5) is 0 Å². The van der Waals surface area contributed by atoms with Gasteiger partial charge in [0.15, 0.2) is 11.5 Å². The summed E-state index contributed by atoms with van der Waals surface area (Å²) in [7, 11) is 0. The lowest BCUT2D eigenvalue weighted by atomic mass is 10.1. The van der Waals surface area contributed by atoms with Crippen molar-refractivity contribution in [3.63, 3.8) is 0 Å². The molecule has 2 aromatic carbocycles. The number of carbonyl (C=O) groups is 1. The fourth-order valence-electron chi connectivity index (χ4n) is 2.69. The number of pyridine rings is 1. The number of ether oxygens (including phenoxy) is 2. The van der Waals surface area contributed by atoms with Crippen LogP contribution in [0.5, 0.6) is 11.5 Å². The molecule has 2 heterocycles. The fourth-order valence-corrected chi connectivity index (χ4v) is 2.88. The van der Waals surface area contributed by atoms with E-state index in [-0.39, 0.29) is 12.7 Å². The van der Waals surface area contributed by atoms with Crippen molar-refractivity contribution >= 4 is 34.6 Å². The summed E-state index contributed by atoms with van der Waals surface area (Å²) in [6.07, 6.45) is 1.47. The van der Waals surface area contributed by atoms with E-state index < -0.39 is 0 Å². The van der Waals surface area contributed by atoms with Gasteiger partial charge in [0, 0.05) is 16.5 Å². The molecule has 1 amide bonds. The number of nitrogens with zero attached hydrogens (tertiary/aromatic N) is 2. The zero-order valence-electron chi connectivity index (χ0n) is 13.8. The van der Waals surface area contributed by atoms with Gasteiger partial charge in [-0.3, -0.25) is 4.79 Å². The largest absolute Gasteiger partial charge is 0.454 e. The Kier molecular flexibility index (Phi) is 4.18. The van der Waals surface area contributed by atoms with Crippen LogP contribution in [0.15, 0.2) is 47.6 Å². The average molecular weight is 368 g/mol. The molecule has 0 aliphatic carbocycles. The number of nitrogens with one attached hydrogen (secondary N) is 1. The van der Waals surface area contributed by atoms with Gasteiger partial charge in [-0.1, -0.05) is 29.8 Å². The van der Waals surface area contributed by atoms with Crippen molar-refractivity contribution < 1.29 is 14.3 Å². The van der Waals surface area contributed by atoms with Gasteiger partial charge in [0.25, 0.3) is 5.91 Å². The minimum atomic E-state index is -0.361. The number of benzene rings is 2. The highest BCUT2D eigenvalue weighted by atomic mass is 35.5. The molecule has 0 fully saturated rings. The molecule has 4 rings (SSSR count). The number of carbonyl (C=O) groups excluding carboxylic acids is 1. The van der Waals surface area contributed by atoms with Crippen LogP contribution >= 0.6 is 11.6 Å². The SMILES string of the molecule is Cc1cccc2cc(/C=N\NC(=O)c3ccc4c(c3)OCO4)c(Cl)nc12. The van der Waals surface area contributed by atoms with Gasteiger partial charge < -0.3 is 9.47 Å². The van der Waals surface area contributed by atoms with Crippen LogP contribution in [-0.2, 0) is 0 Å². The second kappa shape index (κ2) is 6.65. The molecule has 7 heteroatoms. The number of para-hydroxylation sites is 1. The van der Waals surface area contributed by atoms with Crippen molar-refractivity contribution in [3.05, 3.63) is 64.3 Å². The van der Waals surface area contributed by atoms with Crippen molar-refractivity contribution in [2.75, 3.05) is 6.79 Å². The Balaban J connectivity index is 1.52. The highest BCUT2D eigenvalue weighted by Crippen LogP contribution is 2.32. The quantitative estimate of drug-likeness (QED) is 0.435. The van der Waals surface area contributed by atoms with Gasteiger partial charge in [-0.2, -0.15) is 5.10 Å². The minimum Gasteiger partial charge on any atom is -0.454 e. The molecule has 0 spiro atoms. The molecule has 1 aliphatic heterocycles. The van der Waals surface area contributed by atoms with Crippen LogP contribution in [-0.4, -0.2) is 23.9 Å². The van der Waals surface area contributed by atoms with Gasteiger partial charge in [0.1, 0.15) is 5.15 Å². The molecule has 130 valence electrons. The molecule has 1 aromatic heterocycles. The summed E-state index contributed by atoms with van der Waals surface area (Å²) >= 11 is 6.23. The lowest BCUT2D eigenvalue weighted by molar-refractivity contribution is 0.0954. The molecule has 0 radical (unpaired) electrons. The predicted molar refractivity (Wildman–Crippen MR) is 99.1 cm³/mol. The second-order valence-corrected chi connectivity index (χ2v) is 6.14. The van der Waals surface area contributed by atoms with Crippen molar-refractivity contribution in [1.29, 1.82) is 0 Å². The average Bonchev–Trinajstić information content (AvgIpc) is 3.10. The molecule has 0 saturated carbocycles. The van der Waals surface area contributed by atoms with Crippen LogP contribution in [0.25, 0.3) is 10.9 Å². The maximum Gasteiger partial charge on any atom is 0.271 e. The zero-order valence-corrected chi connectivity index (χ0v) is 14.6. The molecule has 1 aliphatic rings. The first kappa shape index (κ1) is 16.4. The Morgan fingerprint density at radius 2 is 2.08 bits per heavy atom. The highest BCUT2D eigenvalue weighted by Gasteiger charge is 2.16. The van der Waals surface area contributed by atoms with Crippen LogP contribution in [0.2, 0.25) is 5.15 Å². The van der Waals surface area contributed by atoms with Crippen molar-refractivity contribution in [2.45, 2.75) is 6.92 Å². The summed E-state index contributed by atoms with van der Waals surface area (Å²) in [6, 6.07) is 12.7. The number of amides is 1. The van der Waals surface area contributed by atoms with Crippen molar-refractivity contribution in [3.8, 4) is 11.5 Å². The Bertz CT molecular complexity index is 1050. The second-order valence-electron chi connectivity index (χ2n) is 5.78. The smallest absolute Gasteiger partial charge is 0.271 e. The molecular formula is C19H14ClN3O3. The van der Waals surface area contributed by atoms with E-state index in [0.29, 0.717) is 27.8 Å². The number of fused-ring (bicyclic) bond motifs is 2. The number of hydrogen-bond donors (Lipinski definition) is 1. The summed E-state index contributed by atoms with van der Waals surface area (Å²) in [6.45, 7) is 2.14. The molecule has 0 saturated heterocycles. The molecule has 26 heavy (non-hydrogen) atoms. The number of hydrazone groups is 1. The van der Waals surface area contributed by atoms with E-state index in [1.54, 1.807) is 18.2 Å². The third-order valence-electron chi connectivity index (χ3n) is 4.03. The Morgan fingerprint density at radius 1 is 1.23 bits per heavy atom. The van der Waals surface area contributed by atoms with Gasteiger partial charge in [0.05, 0.1) is 11.7 Å². The van der Waals surface area contributed by atoms with Crippen LogP contribution in [0, 0.1) is 6.92 Å². The normalized spacial score (nSPS) is 12.7. The van der Waals surface area contributed by atoms with E-state index in [1.807, 2.05) is 31.2 Å². The summed E-state index contributed by atoms with van der Waals surface area (Å²) < 4.78 is 10.5. The number of aromatic nitrogens is 1.